The maximum atomic E-state index is 13.6. The highest BCUT2D eigenvalue weighted by Gasteiger charge is 2.40. The lowest BCUT2D eigenvalue weighted by Gasteiger charge is -2.26. The third-order valence-electron chi connectivity index (χ3n) is 6.78. The van der Waals surface area contributed by atoms with Crippen LogP contribution < -0.4 is 5.32 Å². The Morgan fingerprint density at radius 3 is 2.49 bits per heavy atom. The van der Waals surface area contributed by atoms with Crippen molar-refractivity contribution in [1.82, 2.24) is 15.2 Å². The van der Waals surface area contributed by atoms with Gasteiger partial charge in [-0.05, 0) is 42.5 Å². The van der Waals surface area contributed by atoms with Gasteiger partial charge >= 0.3 is 0 Å². The van der Waals surface area contributed by atoms with E-state index < -0.39 is 0 Å². The Bertz CT molecular complexity index is 1380. The van der Waals surface area contributed by atoms with E-state index in [1.165, 1.54) is 5.56 Å². The SMILES string of the molecule is Cc1ccc(-c2[nH]c3ccccc3c2C2c3ccccc3C(=O)N2CC(=O)NCCC(C)C)cc1. The first-order valence-electron chi connectivity index (χ1n) is 12.3. The van der Waals surface area contributed by atoms with Crippen LogP contribution in [0.3, 0.4) is 0 Å². The predicted molar refractivity (Wildman–Crippen MR) is 140 cm³/mol. The second kappa shape index (κ2) is 9.41. The van der Waals surface area contributed by atoms with Crippen LogP contribution in [0.25, 0.3) is 22.2 Å². The first-order valence-corrected chi connectivity index (χ1v) is 12.3. The van der Waals surface area contributed by atoms with Gasteiger partial charge in [-0.3, -0.25) is 9.59 Å². The molecular formula is C30H31N3O2. The average Bonchev–Trinajstić information content (AvgIpc) is 3.35. The lowest BCUT2D eigenvalue weighted by molar-refractivity contribution is -0.122. The molecule has 2 amide bonds. The maximum Gasteiger partial charge on any atom is 0.255 e. The fourth-order valence-corrected chi connectivity index (χ4v) is 4.95. The van der Waals surface area contributed by atoms with Crippen molar-refractivity contribution in [3.63, 3.8) is 0 Å². The third-order valence-corrected chi connectivity index (χ3v) is 6.78. The molecule has 5 nitrogen and oxygen atoms in total. The molecule has 1 atom stereocenters. The number of H-pyrrole nitrogens is 1. The molecule has 35 heavy (non-hydrogen) atoms. The van der Waals surface area contributed by atoms with Gasteiger partial charge < -0.3 is 15.2 Å². The van der Waals surface area contributed by atoms with Gasteiger partial charge in [0.05, 0.1) is 11.7 Å². The molecule has 178 valence electrons. The summed E-state index contributed by atoms with van der Waals surface area (Å²) in [5, 5.41) is 4.06. The molecule has 5 rings (SSSR count). The van der Waals surface area contributed by atoms with Crippen LogP contribution in [0.15, 0.2) is 72.8 Å². The number of aromatic amines is 1. The fraction of sp³-hybridized carbons (Fsp3) is 0.267. The summed E-state index contributed by atoms with van der Waals surface area (Å²) in [6, 6.07) is 23.9. The zero-order valence-corrected chi connectivity index (χ0v) is 20.5. The van der Waals surface area contributed by atoms with Gasteiger partial charge in [0.1, 0.15) is 6.54 Å². The number of nitrogens with zero attached hydrogens (tertiary/aromatic N) is 1. The molecule has 2 heterocycles. The molecule has 0 radical (unpaired) electrons. The Morgan fingerprint density at radius 1 is 1.00 bits per heavy atom. The van der Waals surface area contributed by atoms with E-state index in [0.717, 1.165) is 39.7 Å². The van der Waals surface area contributed by atoms with Gasteiger partial charge in [-0.15, -0.1) is 0 Å². The van der Waals surface area contributed by atoms with Crippen molar-refractivity contribution in [2.24, 2.45) is 5.92 Å². The molecule has 0 fully saturated rings. The summed E-state index contributed by atoms with van der Waals surface area (Å²) in [5.74, 6) is 0.266. The Morgan fingerprint density at radius 2 is 1.71 bits per heavy atom. The van der Waals surface area contributed by atoms with Crippen LogP contribution >= 0.6 is 0 Å². The summed E-state index contributed by atoms with van der Waals surface area (Å²) >= 11 is 0. The molecule has 1 aliphatic heterocycles. The molecule has 0 saturated carbocycles. The molecule has 0 spiro atoms. The van der Waals surface area contributed by atoms with E-state index in [4.69, 9.17) is 0 Å². The number of fused-ring (bicyclic) bond motifs is 2. The van der Waals surface area contributed by atoms with Crippen LogP contribution in [0.2, 0.25) is 0 Å². The lowest BCUT2D eigenvalue weighted by atomic mass is 9.93. The Hall–Kier alpha value is -3.86. The molecule has 1 aromatic heterocycles. The summed E-state index contributed by atoms with van der Waals surface area (Å²) < 4.78 is 0. The third kappa shape index (κ3) is 4.34. The van der Waals surface area contributed by atoms with E-state index in [1.807, 2.05) is 36.4 Å². The summed E-state index contributed by atoms with van der Waals surface area (Å²) in [6.45, 7) is 6.96. The van der Waals surface area contributed by atoms with E-state index in [9.17, 15) is 9.59 Å². The number of aryl methyl sites for hydroxylation is 1. The van der Waals surface area contributed by atoms with E-state index in [1.54, 1.807) is 4.90 Å². The van der Waals surface area contributed by atoms with Crippen molar-refractivity contribution in [2.45, 2.75) is 33.2 Å². The predicted octanol–water partition coefficient (Wildman–Crippen LogP) is 5.85. The number of carbonyl (C=O) groups excluding carboxylic acids is 2. The van der Waals surface area contributed by atoms with E-state index in [-0.39, 0.29) is 24.4 Å². The largest absolute Gasteiger partial charge is 0.355 e. The molecule has 0 aliphatic carbocycles. The van der Waals surface area contributed by atoms with Crippen molar-refractivity contribution in [1.29, 1.82) is 0 Å². The Balaban J connectivity index is 1.62. The second-order valence-electron chi connectivity index (χ2n) is 9.78. The number of hydrogen-bond acceptors (Lipinski definition) is 2. The number of aromatic nitrogens is 1. The van der Waals surface area contributed by atoms with E-state index in [0.29, 0.717) is 18.0 Å². The molecule has 0 bridgehead atoms. The van der Waals surface area contributed by atoms with Gasteiger partial charge in [0.25, 0.3) is 5.91 Å². The topological polar surface area (TPSA) is 65.2 Å². The standard InChI is InChI=1S/C30H31N3O2/c1-19(2)16-17-31-26(34)18-33-29(22-8-4-5-9-23(22)30(33)35)27-24-10-6-7-11-25(24)32-28(27)21-14-12-20(3)13-15-21/h4-15,19,29,32H,16-18H2,1-3H3,(H,31,34). The maximum absolute atomic E-state index is 13.6. The fourth-order valence-electron chi connectivity index (χ4n) is 4.95. The van der Waals surface area contributed by atoms with Gasteiger partial charge in [0, 0.05) is 28.6 Å². The zero-order chi connectivity index (χ0) is 24.5. The van der Waals surface area contributed by atoms with Crippen LogP contribution in [-0.4, -0.2) is 34.8 Å². The number of carbonyl (C=O) groups is 2. The zero-order valence-electron chi connectivity index (χ0n) is 20.5. The lowest BCUT2D eigenvalue weighted by Crippen LogP contribution is -2.40. The van der Waals surface area contributed by atoms with Crippen LogP contribution in [-0.2, 0) is 4.79 Å². The minimum Gasteiger partial charge on any atom is -0.355 e. The van der Waals surface area contributed by atoms with Crippen molar-refractivity contribution in [3.05, 3.63) is 95.1 Å². The Kier molecular flexibility index (Phi) is 6.16. The monoisotopic (exact) mass is 465 g/mol. The van der Waals surface area contributed by atoms with Crippen LogP contribution in [0.5, 0.6) is 0 Å². The number of amides is 2. The summed E-state index contributed by atoms with van der Waals surface area (Å²) in [5.41, 5.74) is 6.85. The first kappa shape index (κ1) is 22.9. The van der Waals surface area contributed by atoms with Crippen LogP contribution in [0, 0.1) is 12.8 Å². The van der Waals surface area contributed by atoms with Gasteiger partial charge in [-0.1, -0.05) is 80.1 Å². The summed E-state index contributed by atoms with van der Waals surface area (Å²) in [4.78, 5) is 31.8. The van der Waals surface area contributed by atoms with Gasteiger partial charge in [0.2, 0.25) is 5.91 Å². The highest BCUT2D eigenvalue weighted by Crippen LogP contribution is 2.45. The smallest absolute Gasteiger partial charge is 0.255 e. The molecule has 1 unspecified atom stereocenters. The van der Waals surface area contributed by atoms with Gasteiger partial charge in [0.15, 0.2) is 0 Å². The minimum atomic E-state index is -0.359. The second-order valence-corrected chi connectivity index (χ2v) is 9.78. The molecule has 4 aromatic rings. The molecule has 2 N–H and O–H groups in total. The quantitative estimate of drug-likeness (QED) is 0.360. The highest BCUT2D eigenvalue weighted by atomic mass is 16.2. The Labute approximate surface area is 206 Å². The van der Waals surface area contributed by atoms with Crippen molar-refractivity contribution >= 4 is 22.7 Å². The first-order chi connectivity index (χ1) is 16.9. The number of nitrogens with one attached hydrogen (secondary N) is 2. The normalized spacial score (nSPS) is 15.1. The number of rotatable bonds is 7. The molecule has 3 aromatic carbocycles. The summed E-state index contributed by atoms with van der Waals surface area (Å²) in [7, 11) is 0. The molecule has 5 heteroatoms. The molecule has 1 aliphatic rings. The average molecular weight is 466 g/mol. The summed E-state index contributed by atoms with van der Waals surface area (Å²) in [6.07, 6.45) is 0.906. The molecule has 0 saturated heterocycles. The van der Waals surface area contributed by atoms with Crippen molar-refractivity contribution in [3.8, 4) is 11.3 Å². The number of benzene rings is 3. The van der Waals surface area contributed by atoms with Crippen molar-refractivity contribution in [2.75, 3.05) is 13.1 Å². The van der Waals surface area contributed by atoms with Gasteiger partial charge in [-0.25, -0.2) is 0 Å². The number of para-hydroxylation sites is 1. The van der Waals surface area contributed by atoms with Gasteiger partial charge in [-0.2, -0.15) is 0 Å². The minimum absolute atomic E-state index is 0.0170. The van der Waals surface area contributed by atoms with Crippen LogP contribution in [0.1, 0.15) is 53.4 Å². The van der Waals surface area contributed by atoms with E-state index >= 15 is 0 Å². The van der Waals surface area contributed by atoms with E-state index in [2.05, 4.69) is 67.5 Å². The molecular weight excluding hydrogens is 434 g/mol. The van der Waals surface area contributed by atoms with Crippen molar-refractivity contribution < 1.29 is 9.59 Å². The number of hydrogen-bond donors (Lipinski definition) is 2. The highest BCUT2D eigenvalue weighted by molar-refractivity contribution is 6.03. The van der Waals surface area contributed by atoms with Crippen LogP contribution in [0.4, 0.5) is 0 Å².